The number of halogens is 7. The van der Waals surface area contributed by atoms with Gasteiger partial charge in [0.2, 0.25) is 0 Å². The quantitative estimate of drug-likeness (QED) is 0.273. The summed E-state index contributed by atoms with van der Waals surface area (Å²) in [6.45, 7) is 6.22. The van der Waals surface area contributed by atoms with Crippen LogP contribution < -0.4 is 4.74 Å². The number of carbonyl (C=O) groups is 1. The van der Waals surface area contributed by atoms with Gasteiger partial charge in [-0.05, 0) is 58.9 Å². The number of nitrogens with zero attached hydrogens (tertiary/aromatic N) is 1. The first-order valence-corrected chi connectivity index (χ1v) is 12.0. The number of amides is 1. The van der Waals surface area contributed by atoms with Crippen LogP contribution in [0.15, 0.2) is 66.7 Å². The highest BCUT2D eigenvalue weighted by Gasteiger charge is 2.33. The molecule has 0 saturated carbocycles. The lowest BCUT2D eigenvalue weighted by Crippen LogP contribution is -2.33. The van der Waals surface area contributed by atoms with Gasteiger partial charge in [0, 0.05) is 23.7 Å². The molecule has 0 aromatic heterocycles. The molecule has 0 saturated heterocycles. The van der Waals surface area contributed by atoms with Crippen molar-refractivity contribution < 1.29 is 35.9 Å². The summed E-state index contributed by atoms with van der Waals surface area (Å²) in [5.41, 5.74) is 0.843. The molecule has 3 aromatic carbocycles. The number of alkyl halides is 6. The Balaban J connectivity index is 1.90. The Bertz CT molecular complexity index is 1260. The molecule has 3 rings (SSSR count). The average molecular weight is 558 g/mol. The van der Waals surface area contributed by atoms with Gasteiger partial charge in [-0.25, -0.2) is 0 Å². The number of carbonyl (C=O) groups excluding carboxylic acids is 1. The Kier molecular flexibility index (Phi) is 8.71. The highest BCUT2D eigenvalue weighted by atomic mass is 35.5. The van der Waals surface area contributed by atoms with E-state index in [0.717, 1.165) is 35.4 Å². The average Bonchev–Trinajstić information content (AvgIpc) is 2.79. The minimum Gasteiger partial charge on any atom is -0.406 e. The van der Waals surface area contributed by atoms with Gasteiger partial charge in [0.1, 0.15) is 5.75 Å². The molecule has 1 amide bonds. The molecule has 0 radical (unpaired) electrons. The molecule has 3 aromatic rings. The van der Waals surface area contributed by atoms with Crippen LogP contribution in [0.3, 0.4) is 0 Å². The van der Waals surface area contributed by atoms with Crippen LogP contribution in [0.4, 0.5) is 26.3 Å². The first-order chi connectivity index (χ1) is 17.5. The van der Waals surface area contributed by atoms with E-state index in [1.54, 1.807) is 6.07 Å². The highest BCUT2D eigenvalue weighted by molar-refractivity contribution is 6.31. The van der Waals surface area contributed by atoms with E-state index in [4.69, 9.17) is 11.6 Å². The van der Waals surface area contributed by atoms with Gasteiger partial charge in [0.05, 0.1) is 5.56 Å². The summed E-state index contributed by atoms with van der Waals surface area (Å²) in [5, 5.41) is -0.241. The highest BCUT2D eigenvalue weighted by Crippen LogP contribution is 2.32. The van der Waals surface area contributed by atoms with E-state index in [0.29, 0.717) is 5.56 Å². The third-order valence-electron chi connectivity index (χ3n) is 5.76. The van der Waals surface area contributed by atoms with Crippen LogP contribution in [-0.2, 0) is 24.6 Å². The summed E-state index contributed by atoms with van der Waals surface area (Å²) in [4.78, 5) is 14.8. The second-order valence-corrected chi connectivity index (χ2v) is 10.3. The van der Waals surface area contributed by atoms with Gasteiger partial charge in [-0.3, -0.25) is 4.79 Å². The second-order valence-electron chi connectivity index (χ2n) is 9.85. The molecule has 0 bridgehead atoms. The van der Waals surface area contributed by atoms with Crippen molar-refractivity contribution in [2.45, 2.75) is 51.7 Å². The maximum atomic E-state index is 13.4. The second kappa shape index (κ2) is 11.3. The topological polar surface area (TPSA) is 29.5 Å². The number of hydrogen-bond donors (Lipinski definition) is 0. The van der Waals surface area contributed by atoms with Crippen LogP contribution in [-0.4, -0.2) is 23.7 Å². The zero-order valence-electron chi connectivity index (χ0n) is 20.9. The van der Waals surface area contributed by atoms with Crippen molar-refractivity contribution in [3.8, 4) is 5.75 Å². The normalized spacial score (nSPS) is 12.4. The summed E-state index contributed by atoms with van der Waals surface area (Å²) < 4.78 is 81.8. The Morgan fingerprint density at radius 3 is 2.08 bits per heavy atom. The van der Waals surface area contributed by atoms with Crippen LogP contribution in [0.5, 0.6) is 5.75 Å². The number of rotatable bonds is 7. The van der Waals surface area contributed by atoms with E-state index in [2.05, 4.69) is 4.74 Å². The van der Waals surface area contributed by atoms with Crippen molar-refractivity contribution in [1.29, 1.82) is 0 Å². The van der Waals surface area contributed by atoms with Gasteiger partial charge < -0.3 is 9.64 Å². The van der Waals surface area contributed by atoms with Crippen LogP contribution in [0, 0.1) is 0 Å². The maximum absolute atomic E-state index is 13.4. The van der Waals surface area contributed by atoms with Crippen molar-refractivity contribution in [3.05, 3.63) is 99.6 Å². The number of ether oxygens (including phenoxy) is 1. The summed E-state index contributed by atoms with van der Waals surface area (Å²) in [7, 11) is 0. The van der Waals surface area contributed by atoms with E-state index in [1.165, 1.54) is 17.0 Å². The summed E-state index contributed by atoms with van der Waals surface area (Å²) in [6.07, 6.45) is -9.43. The van der Waals surface area contributed by atoms with Gasteiger partial charge in [-0.1, -0.05) is 68.8 Å². The molecule has 0 N–H and O–H groups in total. The fraction of sp³-hybridized carbons (Fsp3) is 0.321. The lowest BCUT2D eigenvalue weighted by molar-refractivity contribution is -0.274. The van der Waals surface area contributed by atoms with E-state index in [-0.39, 0.29) is 35.5 Å². The van der Waals surface area contributed by atoms with Crippen molar-refractivity contribution >= 4 is 17.5 Å². The van der Waals surface area contributed by atoms with E-state index >= 15 is 0 Å². The zero-order valence-corrected chi connectivity index (χ0v) is 21.6. The maximum Gasteiger partial charge on any atom is 0.573 e. The molecule has 0 spiro atoms. The molecule has 0 aliphatic rings. The molecular weight excluding hydrogens is 532 g/mol. The fourth-order valence-electron chi connectivity index (χ4n) is 3.80. The molecule has 0 aliphatic heterocycles. The van der Waals surface area contributed by atoms with Gasteiger partial charge in [-0.2, -0.15) is 13.2 Å². The predicted molar refractivity (Wildman–Crippen MR) is 133 cm³/mol. The molecular formula is C28H26ClF6NO2. The summed E-state index contributed by atoms with van der Waals surface area (Å²) in [6, 6.07) is 15.4. The van der Waals surface area contributed by atoms with Crippen molar-refractivity contribution in [3.63, 3.8) is 0 Å². The van der Waals surface area contributed by atoms with Gasteiger partial charge in [0.15, 0.2) is 0 Å². The minimum absolute atomic E-state index is 0.0171. The SMILES string of the molecule is CC(C)(C)c1ccc(CN(CCc2cccc(OC(F)(F)F)c2)C(=O)c2cc(Cl)cc(C(F)(F)F)c2)cc1. The van der Waals surface area contributed by atoms with Crippen molar-refractivity contribution in [1.82, 2.24) is 4.90 Å². The predicted octanol–water partition coefficient (Wildman–Crippen LogP) is 8.44. The zero-order chi connectivity index (χ0) is 28.3. The van der Waals surface area contributed by atoms with Gasteiger partial charge in [0.25, 0.3) is 5.91 Å². The smallest absolute Gasteiger partial charge is 0.406 e. The van der Waals surface area contributed by atoms with Crippen LogP contribution in [0.25, 0.3) is 0 Å². The Labute approximate surface area is 222 Å². The third-order valence-corrected chi connectivity index (χ3v) is 5.97. The molecule has 0 heterocycles. The largest absolute Gasteiger partial charge is 0.573 e. The standard InChI is InChI=1S/C28H26ClF6NO2/c1-26(2,3)21-9-7-19(8-10-21)17-36(12-11-18-5-4-6-24(13-18)38-28(33,34)35)25(37)20-14-22(27(30,31)32)16-23(29)15-20/h4-10,13-16H,11-12,17H2,1-3H3. The Morgan fingerprint density at radius 2 is 1.50 bits per heavy atom. The van der Waals surface area contributed by atoms with Crippen LogP contribution in [0.2, 0.25) is 5.02 Å². The Hall–Kier alpha value is -3.20. The molecule has 0 aliphatic carbocycles. The van der Waals surface area contributed by atoms with Crippen LogP contribution in [0.1, 0.15) is 53.4 Å². The molecule has 3 nitrogen and oxygen atoms in total. The number of hydrogen-bond acceptors (Lipinski definition) is 2. The van der Waals surface area contributed by atoms with Crippen molar-refractivity contribution in [2.24, 2.45) is 0 Å². The molecule has 38 heavy (non-hydrogen) atoms. The molecule has 204 valence electrons. The molecule has 0 atom stereocenters. The molecule has 0 unspecified atom stereocenters. The van der Waals surface area contributed by atoms with E-state index < -0.39 is 29.8 Å². The first kappa shape index (κ1) is 29.4. The van der Waals surface area contributed by atoms with Crippen molar-refractivity contribution in [2.75, 3.05) is 6.54 Å². The van der Waals surface area contributed by atoms with Crippen LogP contribution >= 0.6 is 11.6 Å². The monoisotopic (exact) mass is 557 g/mol. The first-order valence-electron chi connectivity index (χ1n) is 11.6. The minimum atomic E-state index is -4.86. The van der Waals surface area contributed by atoms with E-state index in [1.807, 2.05) is 45.0 Å². The fourth-order valence-corrected chi connectivity index (χ4v) is 4.04. The molecule has 10 heteroatoms. The summed E-state index contributed by atoms with van der Waals surface area (Å²) in [5.74, 6) is -1.10. The number of benzene rings is 3. The van der Waals surface area contributed by atoms with Gasteiger partial charge in [-0.15, -0.1) is 13.2 Å². The Morgan fingerprint density at radius 1 is 0.842 bits per heavy atom. The lowest BCUT2D eigenvalue weighted by atomic mass is 9.87. The third kappa shape index (κ3) is 8.41. The lowest BCUT2D eigenvalue weighted by Gasteiger charge is -2.25. The molecule has 0 fully saturated rings. The van der Waals surface area contributed by atoms with Gasteiger partial charge >= 0.3 is 12.5 Å². The summed E-state index contributed by atoms with van der Waals surface area (Å²) >= 11 is 5.89. The van der Waals surface area contributed by atoms with E-state index in [9.17, 15) is 31.1 Å².